The second kappa shape index (κ2) is 10.1. The summed E-state index contributed by atoms with van der Waals surface area (Å²) in [7, 11) is 0. The zero-order valence-electron chi connectivity index (χ0n) is 25.6. The molecule has 0 fully saturated rings. The maximum atomic E-state index is 5.28. The van der Waals surface area contributed by atoms with Crippen LogP contribution in [-0.2, 0) is 5.41 Å². The molecule has 0 saturated heterocycles. The van der Waals surface area contributed by atoms with Gasteiger partial charge in [0, 0.05) is 27.3 Å². The summed E-state index contributed by atoms with van der Waals surface area (Å²) in [6.07, 6.45) is 0. The molecular formula is C42H30N4. The summed E-state index contributed by atoms with van der Waals surface area (Å²) in [6.45, 7) is 4.61. The Morgan fingerprint density at radius 2 is 0.978 bits per heavy atom. The van der Waals surface area contributed by atoms with Crippen molar-refractivity contribution in [2.45, 2.75) is 19.3 Å². The lowest BCUT2D eigenvalue weighted by atomic mass is 9.82. The number of para-hydroxylation sites is 2. The molecule has 0 amide bonds. The van der Waals surface area contributed by atoms with E-state index in [0.29, 0.717) is 17.6 Å². The zero-order valence-corrected chi connectivity index (χ0v) is 25.6. The van der Waals surface area contributed by atoms with Crippen molar-refractivity contribution in [3.8, 4) is 51.0 Å². The monoisotopic (exact) mass is 590 g/mol. The third-order valence-electron chi connectivity index (χ3n) is 9.50. The van der Waals surface area contributed by atoms with E-state index in [1.807, 2.05) is 6.07 Å². The van der Waals surface area contributed by atoms with Crippen LogP contribution in [0.15, 0.2) is 146 Å². The van der Waals surface area contributed by atoms with E-state index in [1.165, 1.54) is 38.6 Å². The summed E-state index contributed by atoms with van der Waals surface area (Å²) in [5.74, 6) is 1.91. The van der Waals surface area contributed by atoms with Gasteiger partial charge in [-0.15, -0.1) is 0 Å². The Labute approximate surface area is 267 Å². The average Bonchev–Trinajstić information content (AvgIpc) is 3.57. The molecule has 218 valence electrons. The molecule has 0 N–H and O–H groups in total. The average molecular weight is 591 g/mol. The second-order valence-electron chi connectivity index (χ2n) is 12.5. The van der Waals surface area contributed by atoms with Crippen LogP contribution in [0, 0.1) is 0 Å². The molecule has 0 unspecified atom stereocenters. The summed E-state index contributed by atoms with van der Waals surface area (Å²) >= 11 is 0. The molecule has 0 bridgehead atoms. The van der Waals surface area contributed by atoms with Crippen LogP contribution in [0.4, 0.5) is 0 Å². The Balaban J connectivity index is 1.31. The lowest BCUT2D eigenvalue weighted by Gasteiger charge is -2.21. The highest BCUT2D eigenvalue weighted by molar-refractivity contribution is 6.09. The molecule has 9 rings (SSSR count). The minimum atomic E-state index is -0.124. The van der Waals surface area contributed by atoms with Crippen LogP contribution in [-0.4, -0.2) is 19.5 Å². The molecule has 4 heteroatoms. The molecule has 1 aliphatic rings. The molecule has 0 spiro atoms. The normalized spacial score (nSPS) is 13.2. The number of rotatable bonds is 4. The highest BCUT2D eigenvalue weighted by Crippen LogP contribution is 2.51. The minimum absolute atomic E-state index is 0.124. The van der Waals surface area contributed by atoms with E-state index in [-0.39, 0.29) is 5.41 Å². The first kappa shape index (κ1) is 26.5. The minimum Gasteiger partial charge on any atom is -0.278 e. The van der Waals surface area contributed by atoms with Crippen LogP contribution >= 0.6 is 0 Å². The first-order chi connectivity index (χ1) is 22.6. The van der Waals surface area contributed by atoms with Gasteiger partial charge in [0.2, 0.25) is 5.95 Å². The summed E-state index contributed by atoms with van der Waals surface area (Å²) in [5.41, 5.74) is 11.4. The Morgan fingerprint density at radius 3 is 1.72 bits per heavy atom. The van der Waals surface area contributed by atoms with E-state index >= 15 is 0 Å². The number of benzene rings is 6. The molecule has 1 aliphatic carbocycles. The van der Waals surface area contributed by atoms with Crippen molar-refractivity contribution in [1.29, 1.82) is 0 Å². The SMILES string of the molecule is CC1(C)c2ccccc2-c2c(-c3nc(-c4ccc(-c5ccccc5)cc4)nc(-n4c5ccccc5c5ccccc54)n3)cccc21. The van der Waals surface area contributed by atoms with E-state index in [2.05, 4.69) is 158 Å². The van der Waals surface area contributed by atoms with Crippen LogP contribution in [0.5, 0.6) is 0 Å². The summed E-state index contributed by atoms with van der Waals surface area (Å²) in [6, 6.07) is 51.2. The highest BCUT2D eigenvalue weighted by atomic mass is 15.2. The number of hydrogen-bond donors (Lipinski definition) is 0. The summed E-state index contributed by atoms with van der Waals surface area (Å²) in [4.78, 5) is 15.7. The van der Waals surface area contributed by atoms with Gasteiger partial charge in [-0.3, -0.25) is 4.57 Å². The summed E-state index contributed by atoms with van der Waals surface area (Å²) < 4.78 is 2.18. The third-order valence-corrected chi connectivity index (χ3v) is 9.50. The largest absolute Gasteiger partial charge is 0.278 e. The van der Waals surface area contributed by atoms with Crippen molar-refractivity contribution >= 4 is 21.8 Å². The zero-order chi connectivity index (χ0) is 30.8. The number of hydrogen-bond acceptors (Lipinski definition) is 3. The predicted molar refractivity (Wildman–Crippen MR) is 188 cm³/mol. The molecule has 46 heavy (non-hydrogen) atoms. The lowest BCUT2D eigenvalue weighted by Crippen LogP contribution is -2.14. The molecule has 8 aromatic rings. The van der Waals surface area contributed by atoms with Crippen molar-refractivity contribution in [2.24, 2.45) is 0 Å². The van der Waals surface area contributed by atoms with Crippen LogP contribution < -0.4 is 0 Å². The van der Waals surface area contributed by atoms with E-state index in [9.17, 15) is 0 Å². The van der Waals surface area contributed by atoms with Gasteiger partial charge in [-0.25, -0.2) is 4.98 Å². The van der Waals surface area contributed by atoms with Gasteiger partial charge < -0.3 is 0 Å². The first-order valence-electron chi connectivity index (χ1n) is 15.7. The van der Waals surface area contributed by atoms with Gasteiger partial charge in [-0.2, -0.15) is 9.97 Å². The highest BCUT2D eigenvalue weighted by Gasteiger charge is 2.37. The summed E-state index contributed by atoms with van der Waals surface area (Å²) in [5, 5.41) is 2.34. The van der Waals surface area contributed by atoms with Crippen LogP contribution in [0.3, 0.4) is 0 Å². The smallest absolute Gasteiger partial charge is 0.238 e. The van der Waals surface area contributed by atoms with Crippen LogP contribution in [0.25, 0.3) is 72.8 Å². The fourth-order valence-corrected chi connectivity index (χ4v) is 7.24. The maximum Gasteiger partial charge on any atom is 0.238 e. The molecule has 4 nitrogen and oxygen atoms in total. The molecule has 6 aromatic carbocycles. The van der Waals surface area contributed by atoms with Gasteiger partial charge in [0.05, 0.1) is 11.0 Å². The van der Waals surface area contributed by atoms with E-state index in [0.717, 1.165) is 27.7 Å². The predicted octanol–water partition coefficient (Wildman–Crippen LogP) is 10.3. The number of aromatic nitrogens is 4. The molecule has 2 aromatic heterocycles. The Kier molecular flexibility index (Phi) is 5.81. The Hall–Kier alpha value is -5.87. The van der Waals surface area contributed by atoms with Crippen molar-refractivity contribution in [3.63, 3.8) is 0 Å². The topological polar surface area (TPSA) is 43.6 Å². The fraction of sp³-hybridized carbons (Fsp3) is 0.0714. The van der Waals surface area contributed by atoms with Crippen LogP contribution in [0.2, 0.25) is 0 Å². The molecular weight excluding hydrogens is 560 g/mol. The first-order valence-corrected chi connectivity index (χ1v) is 15.7. The van der Waals surface area contributed by atoms with Crippen LogP contribution in [0.1, 0.15) is 25.0 Å². The lowest BCUT2D eigenvalue weighted by molar-refractivity contribution is 0.660. The molecule has 0 radical (unpaired) electrons. The van der Waals surface area contributed by atoms with Crippen molar-refractivity contribution in [2.75, 3.05) is 0 Å². The Morgan fingerprint density at radius 1 is 0.435 bits per heavy atom. The van der Waals surface area contributed by atoms with Crippen molar-refractivity contribution < 1.29 is 0 Å². The fourth-order valence-electron chi connectivity index (χ4n) is 7.24. The maximum absolute atomic E-state index is 5.28. The standard InChI is InChI=1S/C42H30N4/c1-42(2)34-19-9-6-17-32(34)38-33(18-12-20-35(38)42)40-43-39(29-25-23-28(24-26-29)27-13-4-3-5-14-27)44-41(45-40)46-36-21-10-7-15-30(36)31-16-8-11-22-37(31)46/h3-26H,1-2H3. The number of nitrogens with zero attached hydrogens (tertiary/aromatic N) is 4. The van der Waals surface area contributed by atoms with Crippen molar-refractivity contribution in [3.05, 3.63) is 157 Å². The molecule has 0 saturated carbocycles. The van der Waals surface area contributed by atoms with Gasteiger partial charge in [-0.1, -0.05) is 147 Å². The second-order valence-corrected chi connectivity index (χ2v) is 12.5. The van der Waals surface area contributed by atoms with Crippen molar-refractivity contribution in [1.82, 2.24) is 19.5 Å². The van der Waals surface area contributed by atoms with Gasteiger partial charge in [0.15, 0.2) is 11.6 Å². The molecule has 0 atom stereocenters. The molecule has 2 heterocycles. The van der Waals surface area contributed by atoms with Gasteiger partial charge in [-0.05, 0) is 45.5 Å². The molecule has 0 aliphatic heterocycles. The Bertz CT molecular complexity index is 2380. The van der Waals surface area contributed by atoms with E-state index in [4.69, 9.17) is 15.0 Å². The van der Waals surface area contributed by atoms with E-state index < -0.39 is 0 Å². The van der Waals surface area contributed by atoms with Gasteiger partial charge in [0.25, 0.3) is 0 Å². The van der Waals surface area contributed by atoms with Gasteiger partial charge >= 0.3 is 0 Å². The van der Waals surface area contributed by atoms with E-state index in [1.54, 1.807) is 0 Å². The third kappa shape index (κ3) is 3.97. The van der Waals surface area contributed by atoms with Gasteiger partial charge in [0.1, 0.15) is 0 Å². The quantitative estimate of drug-likeness (QED) is 0.205. The number of fused-ring (bicyclic) bond motifs is 6.